The third kappa shape index (κ3) is 3.02. The molecule has 0 bridgehead atoms. The highest BCUT2D eigenvalue weighted by Crippen LogP contribution is 2.24. The highest BCUT2D eigenvalue weighted by Gasteiger charge is 2.08. The molecule has 0 amide bonds. The van der Waals surface area contributed by atoms with E-state index in [1.54, 1.807) is 0 Å². The average Bonchev–Trinajstić information content (AvgIpc) is 2.45. The Labute approximate surface area is 118 Å². The molecule has 108 valence electrons. The summed E-state index contributed by atoms with van der Waals surface area (Å²) >= 11 is 0. The van der Waals surface area contributed by atoms with E-state index in [1.165, 1.54) is 6.07 Å². The highest BCUT2D eigenvalue weighted by molar-refractivity contribution is 5.83. The Hall–Kier alpha value is -1.81. The van der Waals surface area contributed by atoms with Crippen molar-refractivity contribution in [3.05, 3.63) is 40.2 Å². The Morgan fingerprint density at radius 2 is 1.95 bits per heavy atom. The molecular formula is C16H21NO3. The number of fused-ring (bicyclic) bond motifs is 1. The lowest BCUT2D eigenvalue weighted by molar-refractivity contribution is 0.288. The molecule has 2 rings (SSSR count). The quantitative estimate of drug-likeness (QED) is 0.823. The number of hydrogen-bond donors (Lipinski definition) is 1. The van der Waals surface area contributed by atoms with Gasteiger partial charge in [-0.05, 0) is 44.4 Å². The molecule has 1 heterocycles. The predicted octanol–water partition coefficient (Wildman–Crippen LogP) is 2.56. The molecular weight excluding hydrogens is 254 g/mol. The van der Waals surface area contributed by atoms with Crippen LogP contribution < -0.4 is 10.5 Å². The third-order valence-electron chi connectivity index (χ3n) is 3.55. The van der Waals surface area contributed by atoms with Crippen LogP contribution in [-0.2, 0) is 6.42 Å². The Kier molecular flexibility index (Phi) is 4.79. The van der Waals surface area contributed by atoms with E-state index in [1.807, 2.05) is 12.1 Å². The van der Waals surface area contributed by atoms with Gasteiger partial charge in [0.15, 0.2) is 0 Å². The summed E-state index contributed by atoms with van der Waals surface area (Å²) in [5.41, 5.74) is 2.29. The number of benzene rings is 1. The molecule has 2 aromatic rings. The van der Waals surface area contributed by atoms with E-state index in [9.17, 15) is 4.79 Å². The molecule has 0 radical (unpaired) electrons. The molecule has 1 aromatic carbocycles. The minimum Gasteiger partial charge on any atom is -0.423 e. The normalized spacial score (nSPS) is 10.9. The van der Waals surface area contributed by atoms with Gasteiger partial charge in [-0.15, -0.1) is 0 Å². The van der Waals surface area contributed by atoms with Crippen LogP contribution in [0.15, 0.2) is 33.5 Å². The summed E-state index contributed by atoms with van der Waals surface area (Å²) in [6.07, 6.45) is 1.33. The smallest absolute Gasteiger partial charge is 0.336 e. The van der Waals surface area contributed by atoms with Crippen LogP contribution in [0.5, 0.6) is 0 Å². The van der Waals surface area contributed by atoms with Crippen molar-refractivity contribution in [1.82, 2.24) is 0 Å². The first-order valence-corrected chi connectivity index (χ1v) is 7.12. The summed E-state index contributed by atoms with van der Waals surface area (Å²) in [6.45, 7) is 6.15. The Morgan fingerprint density at radius 3 is 2.60 bits per heavy atom. The number of aliphatic hydroxyl groups excluding tert-OH is 1. The van der Waals surface area contributed by atoms with Crippen molar-refractivity contribution in [1.29, 1.82) is 0 Å². The second-order valence-electron chi connectivity index (χ2n) is 4.77. The molecule has 20 heavy (non-hydrogen) atoms. The lowest BCUT2D eigenvalue weighted by Gasteiger charge is -2.21. The molecule has 0 aliphatic rings. The van der Waals surface area contributed by atoms with Crippen LogP contribution in [0, 0.1) is 0 Å². The Morgan fingerprint density at radius 1 is 1.20 bits per heavy atom. The summed E-state index contributed by atoms with van der Waals surface area (Å²) in [4.78, 5) is 13.9. The van der Waals surface area contributed by atoms with Gasteiger partial charge in [0, 0.05) is 42.9 Å². The van der Waals surface area contributed by atoms with Crippen molar-refractivity contribution in [2.45, 2.75) is 26.7 Å². The summed E-state index contributed by atoms with van der Waals surface area (Å²) in [7, 11) is 0. The number of anilines is 1. The zero-order chi connectivity index (χ0) is 14.5. The van der Waals surface area contributed by atoms with Crippen LogP contribution in [0.3, 0.4) is 0 Å². The lowest BCUT2D eigenvalue weighted by atomic mass is 10.1. The van der Waals surface area contributed by atoms with Crippen LogP contribution in [0.25, 0.3) is 11.0 Å². The molecule has 4 heteroatoms. The summed E-state index contributed by atoms with van der Waals surface area (Å²) in [5, 5.41) is 9.89. The maximum Gasteiger partial charge on any atom is 0.336 e. The molecule has 0 aliphatic carbocycles. The molecule has 0 saturated heterocycles. The fourth-order valence-corrected chi connectivity index (χ4v) is 2.48. The van der Waals surface area contributed by atoms with Gasteiger partial charge in [-0.1, -0.05) is 0 Å². The maximum atomic E-state index is 11.6. The van der Waals surface area contributed by atoms with Crippen molar-refractivity contribution in [3.63, 3.8) is 0 Å². The van der Waals surface area contributed by atoms with E-state index in [-0.39, 0.29) is 12.2 Å². The second-order valence-corrected chi connectivity index (χ2v) is 4.77. The van der Waals surface area contributed by atoms with Crippen LogP contribution in [0.1, 0.15) is 25.8 Å². The molecule has 4 nitrogen and oxygen atoms in total. The van der Waals surface area contributed by atoms with Crippen LogP contribution in [-0.4, -0.2) is 24.8 Å². The Bertz CT molecular complexity index is 629. The van der Waals surface area contributed by atoms with Crippen LogP contribution >= 0.6 is 0 Å². The topological polar surface area (TPSA) is 53.7 Å². The molecule has 0 atom stereocenters. The van der Waals surface area contributed by atoms with E-state index in [0.29, 0.717) is 18.4 Å². The summed E-state index contributed by atoms with van der Waals surface area (Å²) in [6, 6.07) is 7.50. The zero-order valence-electron chi connectivity index (χ0n) is 12.1. The van der Waals surface area contributed by atoms with Gasteiger partial charge in [0.25, 0.3) is 0 Å². The fraction of sp³-hybridized carbons (Fsp3) is 0.438. The minimum atomic E-state index is -0.331. The lowest BCUT2D eigenvalue weighted by Crippen LogP contribution is -2.21. The van der Waals surface area contributed by atoms with E-state index in [4.69, 9.17) is 9.52 Å². The molecule has 1 N–H and O–H groups in total. The number of aliphatic hydroxyl groups is 1. The van der Waals surface area contributed by atoms with Gasteiger partial charge in [-0.2, -0.15) is 0 Å². The fourth-order valence-electron chi connectivity index (χ4n) is 2.48. The maximum absolute atomic E-state index is 11.6. The molecule has 0 unspecified atom stereocenters. The van der Waals surface area contributed by atoms with Crippen molar-refractivity contribution >= 4 is 16.7 Å². The van der Waals surface area contributed by atoms with Gasteiger partial charge < -0.3 is 14.4 Å². The van der Waals surface area contributed by atoms with Gasteiger partial charge in [0.1, 0.15) is 5.58 Å². The summed E-state index contributed by atoms with van der Waals surface area (Å²) in [5.74, 6) is 0. The first-order chi connectivity index (χ1) is 9.69. The third-order valence-corrected chi connectivity index (χ3v) is 3.55. The number of rotatable bonds is 6. The van der Waals surface area contributed by atoms with Crippen LogP contribution in [0.4, 0.5) is 5.69 Å². The highest BCUT2D eigenvalue weighted by atomic mass is 16.4. The Balaban J connectivity index is 2.50. The van der Waals surface area contributed by atoms with E-state index >= 15 is 0 Å². The molecule has 1 aromatic heterocycles. The zero-order valence-corrected chi connectivity index (χ0v) is 12.1. The monoisotopic (exact) mass is 275 g/mol. The van der Waals surface area contributed by atoms with Gasteiger partial charge in [0.05, 0.1) is 0 Å². The predicted molar refractivity (Wildman–Crippen MR) is 81.5 cm³/mol. The van der Waals surface area contributed by atoms with E-state index in [2.05, 4.69) is 24.8 Å². The molecule has 0 saturated carbocycles. The standard InChI is InChI=1S/C16H21NO3/c1-3-17(4-2)13-7-8-14-12(6-5-9-18)10-16(19)20-15(14)11-13/h7-8,10-11,18H,3-6,9H2,1-2H3. The van der Waals surface area contributed by atoms with Gasteiger partial charge in [-0.25, -0.2) is 4.79 Å². The molecule has 0 aliphatic heterocycles. The van der Waals surface area contributed by atoms with Crippen LogP contribution in [0.2, 0.25) is 0 Å². The van der Waals surface area contributed by atoms with Gasteiger partial charge in [0.2, 0.25) is 0 Å². The first kappa shape index (κ1) is 14.6. The second kappa shape index (κ2) is 6.57. The number of aryl methyl sites for hydroxylation is 1. The van der Waals surface area contributed by atoms with Crippen molar-refractivity contribution in [3.8, 4) is 0 Å². The first-order valence-electron chi connectivity index (χ1n) is 7.12. The van der Waals surface area contributed by atoms with E-state index in [0.717, 1.165) is 29.7 Å². The van der Waals surface area contributed by atoms with Gasteiger partial charge in [-0.3, -0.25) is 0 Å². The summed E-state index contributed by atoms with van der Waals surface area (Å²) < 4.78 is 5.32. The number of nitrogens with zero attached hydrogens (tertiary/aromatic N) is 1. The SMILES string of the molecule is CCN(CC)c1ccc2c(CCCO)cc(=O)oc2c1. The largest absolute Gasteiger partial charge is 0.423 e. The van der Waals surface area contributed by atoms with Crippen molar-refractivity contribution in [2.24, 2.45) is 0 Å². The van der Waals surface area contributed by atoms with Crippen molar-refractivity contribution < 1.29 is 9.52 Å². The minimum absolute atomic E-state index is 0.124. The average molecular weight is 275 g/mol. The van der Waals surface area contributed by atoms with Gasteiger partial charge >= 0.3 is 5.63 Å². The van der Waals surface area contributed by atoms with Crippen molar-refractivity contribution in [2.75, 3.05) is 24.6 Å². The molecule has 0 fully saturated rings. The number of hydrogen-bond acceptors (Lipinski definition) is 4. The molecule has 0 spiro atoms. The van der Waals surface area contributed by atoms with E-state index < -0.39 is 0 Å².